The molecule has 8 rings (SSSR count). The molecule has 3 aromatic carbocycles. The van der Waals surface area contributed by atoms with Crippen molar-refractivity contribution in [3.63, 3.8) is 0 Å². The summed E-state index contributed by atoms with van der Waals surface area (Å²) < 4.78 is 231. The smallest absolute Gasteiger partial charge is 0.382 e. The van der Waals surface area contributed by atoms with Gasteiger partial charge in [0.2, 0.25) is 5.71 Å². The first-order valence-corrected chi connectivity index (χ1v) is 17.1. The number of alkyl halides is 8. The molecule has 0 N–H and O–H groups in total. The maximum Gasteiger partial charge on any atom is 0.382 e. The summed E-state index contributed by atoms with van der Waals surface area (Å²) in [5, 5.41) is 1.48. The number of aryl methyl sites for hydroxylation is 4. The quantitative estimate of drug-likeness (QED) is 0.130. The molecule has 4 aromatic heterocycles. The summed E-state index contributed by atoms with van der Waals surface area (Å²) in [7, 11) is 0. The Hall–Kier alpha value is -5.00. The predicted molar refractivity (Wildman–Crippen MR) is 207 cm³/mol. The van der Waals surface area contributed by atoms with Crippen molar-refractivity contribution in [3.05, 3.63) is 136 Å². The molecule has 309 valence electrons. The van der Waals surface area contributed by atoms with Gasteiger partial charge in [0, 0.05) is 73.9 Å². The van der Waals surface area contributed by atoms with E-state index in [1.54, 1.807) is 30.5 Å². The molecule has 13 heteroatoms. The van der Waals surface area contributed by atoms with Gasteiger partial charge in [-0.15, -0.1) is 47.5 Å². The predicted octanol–water partition coefficient (Wildman–Crippen LogP) is 13.3. The van der Waals surface area contributed by atoms with Crippen molar-refractivity contribution in [1.82, 2.24) is 15.0 Å². The molecule has 1 aliphatic carbocycles. The topological polar surface area (TPSA) is 51.8 Å². The Morgan fingerprint density at radius 2 is 1.49 bits per heavy atom. The van der Waals surface area contributed by atoms with E-state index < -0.39 is 108 Å². The summed E-state index contributed by atoms with van der Waals surface area (Å²) in [5.74, 6) is -24.9. The minimum atomic E-state index is -6.61. The van der Waals surface area contributed by atoms with Gasteiger partial charge in [0.25, 0.3) is 0 Å². The third-order valence-electron chi connectivity index (χ3n) is 9.15. The largest absolute Gasteiger partial charge is 0.486 e. The van der Waals surface area contributed by atoms with Crippen LogP contribution < -0.4 is 0 Å². The fourth-order valence-electron chi connectivity index (χ4n) is 6.45. The normalized spacial score (nSPS) is 20.8. The van der Waals surface area contributed by atoms with Crippen LogP contribution in [0.5, 0.6) is 0 Å². The molecular weight excluding hydrogens is 955 g/mol. The van der Waals surface area contributed by atoms with Crippen molar-refractivity contribution in [1.29, 1.82) is 0 Å². The fourth-order valence-corrected chi connectivity index (χ4v) is 6.45. The summed E-state index contributed by atoms with van der Waals surface area (Å²) in [6.07, 6.45) is 0.689. The third kappa shape index (κ3) is 7.45. The molecule has 59 heavy (non-hydrogen) atoms. The Balaban J connectivity index is 0.000000247. The van der Waals surface area contributed by atoms with E-state index in [2.05, 4.69) is 27.1 Å². The first-order chi connectivity index (χ1) is 32.7. The molecule has 0 atom stereocenters. The van der Waals surface area contributed by atoms with Crippen molar-refractivity contribution in [2.45, 2.75) is 78.2 Å². The number of furan rings is 1. The number of hydrogen-bond donors (Lipinski definition) is 0. The number of nitrogens with zero attached hydrogens (tertiary/aromatic N) is 3. The van der Waals surface area contributed by atoms with Gasteiger partial charge in [0.15, 0.2) is 0 Å². The summed E-state index contributed by atoms with van der Waals surface area (Å²) in [4.78, 5) is 12.4. The Morgan fingerprint density at radius 3 is 2.20 bits per heavy atom. The first kappa shape index (κ1) is 28.5. The molecule has 0 bridgehead atoms. The van der Waals surface area contributed by atoms with E-state index in [-0.39, 0.29) is 43.1 Å². The van der Waals surface area contributed by atoms with Crippen molar-refractivity contribution in [2.75, 3.05) is 0 Å². The van der Waals surface area contributed by atoms with E-state index in [0.717, 1.165) is 11.5 Å². The van der Waals surface area contributed by atoms with Crippen molar-refractivity contribution in [2.24, 2.45) is 5.41 Å². The maximum absolute atomic E-state index is 15.1. The Kier molecular flexibility index (Phi) is 7.35. The van der Waals surface area contributed by atoms with Gasteiger partial charge in [-0.3, -0.25) is 0 Å². The SMILES string of the molecule is [2H]C([2H])([2H])c1c[c-]c(-c2cc(C([2H])([2H])[2H])c(C([2H])([2H])[2H])cn2)cc1-c1cccc2c1C(F)(F)C(F)(F)C(F)(F)C2(F)F.[2H]C([2H])([2H])c1ccc2c(n1)oc1c(-c3cc(C([2H])([2H])C(C)(C)C)ccn3)[c-]ccc12.[Ir]. The van der Waals surface area contributed by atoms with Gasteiger partial charge in [0.1, 0.15) is 0 Å². The minimum Gasteiger partial charge on any atom is -0.486 e. The summed E-state index contributed by atoms with van der Waals surface area (Å²) in [6, 6.07) is 19.1. The number of hydrogen-bond acceptors (Lipinski definition) is 4. The second kappa shape index (κ2) is 15.2. The number of aromatic nitrogens is 3. The molecule has 0 saturated heterocycles. The number of halogens is 8. The zero-order valence-electron chi connectivity index (χ0n) is 44.7. The number of benzene rings is 3. The van der Waals surface area contributed by atoms with Crippen LogP contribution in [0.4, 0.5) is 35.1 Å². The zero-order valence-corrected chi connectivity index (χ0v) is 33.1. The molecule has 0 spiro atoms. The fraction of sp³-hybridized carbons (Fsp3) is 0.283. The third-order valence-corrected chi connectivity index (χ3v) is 9.15. The van der Waals surface area contributed by atoms with Crippen molar-refractivity contribution >= 4 is 22.1 Å². The van der Waals surface area contributed by atoms with Gasteiger partial charge < -0.3 is 14.4 Å². The molecule has 0 unspecified atom stereocenters. The van der Waals surface area contributed by atoms with E-state index >= 15 is 8.78 Å². The second-order valence-electron chi connectivity index (χ2n) is 14.4. The maximum atomic E-state index is 15.1. The average molecular weight is 1010 g/mol. The number of rotatable bonds is 4. The summed E-state index contributed by atoms with van der Waals surface area (Å²) >= 11 is 0. The molecule has 4 heterocycles. The number of pyridine rings is 3. The Morgan fingerprint density at radius 1 is 0.746 bits per heavy atom. The molecule has 0 fully saturated rings. The van der Waals surface area contributed by atoms with Crippen LogP contribution in [0.2, 0.25) is 0 Å². The molecule has 7 aromatic rings. The average Bonchev–Trinajstić information content (AvgIpc) is 3.65. The van der Waals surface area contributed by atoms with Gasteiger partial charge >= 0.3 is 23.7 Å². The van der Waals surface area contributed by atoms with Crippen LogP contribution in [0.15, 0.2) is 89.6 Å². The van der Waals surface area contributed by atoms with E-state index in [9.17, 15) is 26.3 Å². The van der Waals surface area contributed by atoms with E-state index in [1.807, 2.05) is 26.8 Å². The van der Waals surface area contributed by atoms with Crippen LogP contribution in [-0.4, -0.2) is 26.8 Å². The van der Waals surface area contributed by atoms with Crippen molar-refractivity contribution in [3.8, 4) is 33.6 Å². The van der Waals surface area contributed by atoms with Gasteiger partial charge in [-0.25, -0.2) is 4.98 Å². The standard InChI is InChI=1S/C24H16F8N.C22H21N2O.Ir/c1-12-7-8-15(19-9-13(2)14(3)11-33-19)10-17(12)16-5-4-6-18-20(16)22(27,28)24(31,32)23(29,30)21(18,25)26;1-14-8-9-17-16-6-5-7-18(20(16)25-21(17)24-14)19-12-15(10-11-23-19)13-22(2,3)4;/h4-7,9-11H,1-3H3;5-6,8-12H,13H2,1-4H3;/q2*-1;/i1D3,2D3,3D3;1D3,13D2;. The van der Waals surface area contributed by atoms with Gasteiger partial charge in [-0.05, 0) is 73.1 Å². The van der Waals surface area contributed by atoms with Crippen LogP contribution in [0.1, 0.15) is 79.0 Å². The minimum absolute atomic E-state index is 0. The van der Waals surface area contributed by atoms with E-state index in [0.29, 0.717) is 58.3 Å². The molecule has 0 saturated carbocycles. The Bertz CT molecular complexity index is 3260. The molecular formula is C46H37F8IrN3O-2. The molecule has 4 nitrogen and oxygen atoms in total. The van der Waals surface area contributed by atoms with E-state index in [1.165, 1.54) is 6.07 Å². The van der Waals surface area contributed by atoms with Crippen LogP contribution >= 0.6 is 0 Å². The van der Waals surface area contributed by atoms with Crippen LogP contribution in [-0.2, 0) is 38.3 Å². The second-order valence-corrected chi connectivity index (χ2v) is 14.4. The molecule has 0 amide bonds. The zero-order chi connectivity index (χ0) is 54.0. The Labute approximate surface area is 369 Å². The molecule has 1 radical (unpaired) electrons. The van der Waals surface area contributed by atoms with Crippen molar-refractivity contribution < 1.29 is 78.8 Å². The van der Waals surface area contributed by atoms with Crippen LogP contribution in [0.25, 0.3) is 55.7 Å². The van der Waals surface area contributed by atoms with E-state index in [4.69, 9.17) is 23.6 Å². The van der Waals surface area contributed by atoms with Crippen LogP contribution in [0, 0.1) is 45.0 Å². The summed E-state index contributed by atoms with van der Waals surface area (Å²) in [6.45, 7) is -5.94. The van der Waals surface area contributed by atoms with Crippen LogP contribution in [0.3, 0.4) is 0 Å². The molecule has 0 aliphatic heterocycles. The summed E-state index contributed by atoms with van der Waals surface area (Å²) in [5.41, 5.74) is -7.86. The van der Waals surface area contributed by atoms with Gasteiger partial charge in [-0.1, -0.05) is 85.6 Å². The van der Waals surface area contributed by atoms with Gasteiger partial charge in [0.05, 0.1) is 5.58 Å². The number of fused-ring (bicyclic) bond motifs is 4. The monoisotopic (exact) mass is 1010 g/mol. The first-order valence-electron chi connectivity index (χ1n) is 24.1. The van der Waals surface area contributed by atoms with Gasteiger partial charge in [-0.2, -0.15) is 35.1 Å². The molecule has 1 aliphatic rings.